The normalized spacial score (nSPS) is 9.80. The first-order valence-electron chi connectivity index (χ1n) is 3.73. The highest BCUT2D eigenvalue weighted by Crippen LogP contribution is 2.06. The Kier molecular flexibility index (Phi) is 7.33. The van der Waals surface area contributed by atoms with Gasteiger partial charge in [-0.25, -0.2) is 0 Å². The van der Waals surface area contributed by atoms with Crippen LogP contribution >= 0.6 is 9.47 Å². The van der Waals surface area contributed by atoms with E-state index >= 15 is 0 Å². The van der Waals surface area contributed by atoms with Crippen LogP contribution < -0.4 is 0 Å². The van der Waals surface area contributed by atoms with Crippen LogP contribution in [0, 0.1) is 0 Å². The average molecular weight is 160 g/mol. The molecule has 10 heavy (non-hydrogen) atoms. The summed E-state index contributed by atoms with van der Waals surface area (Å²) in [5, 5.41) is 0. The van der Waals surface area contributed by atoms with Crippen molar-refractivity contribution in [2.45, 2.75) is 32.6 Å². The molecule has 0 heterocycles. The Labute approximate surface area is 66.1 Å². The fourth-order valence-corrected chi connectivity index (χ4v) is 0.956. The summed E-state index contributed by atoms with van der Waals surface area (Å²) in [6.45, 7) is 6.78. The lowest BCUT2D eigenvalue weighted by Gasteiger charge is -1.98. The van der Waals surface area contributed by atoms with Crippen LogP contribution in [0.25, 0.3) is 0 Å². The highest BCUT2D eigenvalue weighted by molar-refractivity contribution is 7.09. The number of rotatable bonds is 6. The Morgan fingerprint density at radius 2 is 2.10 bits per heavy atom. The molecular formula is C8H17OP. The quantitative estimate of drug-likeness (QED) is 0.330. The minimum Gasteiger partial charge on any atom is -0.366 e. The van der Waals surface area contributed by atoms with Gasteiger partial charge in [-0.05, 0) is 26.2 Å². The molecule has 0 aliphatic rings. The third-order valence-electron chi connectivity index (χ3n) is 1.37. The van der Waals surface area contributed by atoms with Gasteiger partial charge >= 0.3 is 0 Å². The Bertz CT molecular complexity index is 91.3. The van der Waals surface area contributed by atoms with Gasteiger partial charge in [0.2, 0.25) is 0 Å². The van der Waals surface area contributed by atoms with Crippen LogP contribution in [0.2, 0.25) is 0 Å². The lowest BCUT2D eigenvalue weighted by Crippen LogP contribution is -1.84. The zero-order valence-electron chi connectivity index (χ0n) is 6.73. The van der Waals surface area contributed by atoms with Gasteiger partial charge < -0.3 is 4.52 Å². The topological polar surface area (TPSA) is 9.23 Å². The molecule has 0 radical (unpaired) electrons. The van der Waals surface area contributed by atoms with E-state index in [0.717, 1.165) is 19.4 Å². The molecule has 0 amide bonds. The van der Waals surface area contributed by atoms with Crippen LogP contribution in [0.3, 0.4) is 0 Å². The Morgan fingerprint density at radius 1 is 1.40 bits per heavy atom. The van der Waals surface area contributed by atoms with E-state index in [4.69, 9.17) is 4.52 Å². The van der Waals surface area contributed by atoms with Crippen molar-refractivity contribution in [2.24, 2.45) is 0 Å². The summed E-state index contributed by atoms with van der Waals surface area (Å²) in [4.78, 5) is 0. The molecule has 1 unspecified atom stereocenters. The van der Waals surface area contributed by atoms with Gasteiger partial charge in [-0.2, -0.15) is 0 Å². The molecule has 0 N–H and O–H groups in total. The van der Waals surface area contributed by atoms with E-state index in [1.54, 1.807) is 0 Å². The van der Waals surface area contributed by atoms with E-state index in [9.17, 15) is 0 Å². The SMILES string of the molecule is C=C(C)CCCCCOP. The second kappa shape index (κ2) is 7.24. The minimum atomic E-state index is 0.862. The van der Waals surface area contributed by atoms with E-state index < -0.39 is 0 Å². The molecule has 0 rings (SSSR count). The average Bonchev–Trinajstić information content (AvgIpc) is 1.87. The third-order valence-corrected chi connectivity index (χ3v) is 1.60. The van der Waals surface area contributed by atoms with Crippen molar-refractivity contribution in [2.75, 3.05) is 6.61 Å². The van der Waals surface area contributed by atoms with Gasteiger partial charge in [0.25, 0.3) is 0 Å². The first kappa shape index (κ1) is 10.1. The molecule has 0 aliphatic heterocycles. The van der Waals surface area contributed by atoms with Crippen molar-refractivity contribution >= 4 is 9.47 Å². The monoisotopic (exact) mass is 160 g/mol. The first-order chi connectivity index (χ1) is 4.77. The molecule has 0 aliphatic carbocycles. The smallest absolute Gasteiger partial charge is 0.0501 e. The summed E-state index contributed by atoms with van der Waals surface area (Å²) < 4.78 is 4.84. The lowest BCUT2D eigenvalue weighted by molar-refractivity contribution is 0.354. The van der Waals surface area contributed by atoms with Crippen LogP contribution in [0.4, 0.5) is 0 Å². The lowest BCUT2D eigenvalue weighted by atomic mass is 10.1. The maximum Gasteiger partial charge on any atom is 0.0501 e. The van der Waals surface area contributed by atoms with E-state index in [2.05, 4.69) is 23.0 Å². The van der Waals surface area contributed by atoms with Crippen LogP contribution in [-0.4, -0.2) is 6.61 Å². The van der Waals surface area contributed by atoms with E-state index in [0.29, 0.717) is 0 Å². The molecule has 0 saturated heterocycles. The fraction of sp³-hybridized carbons (Fsp3) is 0.750. The van der Waals surface area contributed by atoms with Crippen LogP contribution in [0.1, 0.15) is 32.6 Å². The van der Waals surface area contributed by atoms with Crippen molar-refractivity contribution in [3.63, 3.8) is 0 Å². The van der Waals surface area contributed by atoms with E-state index in [1.165, 1.54) is 18.4 Å². The number of hydrogen-bond acceptors (Lipinski definition) is 1. The maximum absolute atomic E-state index is 4.84. The van der Waals surface area contributed by atoms with Gasteiger partial charge in [0.15, 0.2) is 0 Å². The number of allylic oxidation sites excluding steroid dienone is 1. The van der Waals surface area contributed by atoms with E-state index in [1.807, 2.05) is 0 Å². The Morgan fingerprint density at radius 3 is 2.60 bits per heavy atom. The molecule has 60 valence electrons. The van der Waals surface area contributed by atoms with Gasteiger partial charge in [-0.1, -0.05) is 12.0 Å². The highest BCUT2D eigenvalue weighted by Gasteiger charge is 1.88. The van der Waals surface area contributed by atoms with Gasteiger partial charge in [-0.3, -0.25) is 0 Å². The van der Waals surface area contributed by atoms with Crippen molar-refractivity contribution in [3.8, 4) is 0 Å². The molecule has 0 aromatic heterocycles. The first-order valence-corrected chi connectivity index (χ1v) is 4.20. The number of unbranched alkanes of at least 4 members (excludes halogenated alkanes) is 2. The molecule has 0 fully saturated rings. The molecular weight excluding hydrogens is 143 g/mol. The standard InChI is InChI=1S/C8H17OP/c1-8(2)6-4-3-5-7-9-10/h1,3-7,10H2,2H3. The van der Waals surface area contributed by atoms with Crippen molar-refractivity contribution < 1.29 is 4.52 Å². The molecule has 0 aromatic rings. The van der Waals surface area contributed by atoms with Crippen molar-refractivity contribution in [1.82, 2.24) is 0 Å². The molecule has 1 nitrogen and oxygen atoms in total. The molecule has 0 aromatic carbocycles. The Hall–Kier alpha value is 0.130. The minimum absolute atomic E-state index is 0.862. The predicted octanol–water partition coefficient (Wildman–Crippen LogP) is 2.93. The van der Waals surface area contributed by atoms with Crippen LogP contribution in [0.15, 0.2) is 12.2 Å². The van der Waals surface area contributed by atoms with Crippen molar-refractivity contribution in [3.05, 3.63) is 12.2 Å². The summed E-state index contributed by atoms with van der Waals surface area (Å²) in [5.41, 5.74) is 1.28. The van der Waals surface area contributed by atoms with Crippen LogP contribution in [-0.2, 0) is 4.52 Å². The van der Waals surface area contributed by atoms with Gasteiger partial charge in [0, 0.05) is 9.47 Å². The van der Waals surface area contributed by atoms with Crippen LogP contribution in [0.5, 0.6) is 0 Å². The highest BCUT2D eigenvalue weighted by atomic mass is 31.0. The fourth-order valence-electron chi connectivity index (χ4n) is 0.789. The maximum atomic E-state index is 4.84. The second-order valence-corrected chi connectivity index (χ2v) is 2.97. The summed E-state index contributed by atoms with van der Waals surface area (Å²) in [7, 11) is 2.27. The zero-order chi connectivity index (χ0) is 7.82. The van der Waals surface area contributed by atoms with Gasteiger partial charge in [0.1, 0.15) is 0 Å². The second-order valence-electron chi connectivity index (χ2n) is 2.64. The zero-order valence-corrected chi connectivity index (χ0v) is 7.88. The van der Waals surface area contributed by atoms with Gasteiger partial charge in [0.05, 0.1) is 6.61 Å². The van der Waals surface area contributed by atoms with E-state index in [-0.39, 0.29) is 0 Å². The molecule has 2 heteroatoms. The molecule has 1 atom stereocenters. The number of hydrogen-bond donors (Lipinski definition) is 0. The molecule has 0 saturated carbocycles. The summed E-state index contributed by atoms with van der Waals surface area (Å²) >= 11 is 0. The molecule has 0 bridgehead atoms. The Balaban J connectivity index is 2.84. The predicted molar refractivity (Wildman–Crippen MR) is 48.9 cm³/mol. The largest absolute Gasteiger partial charge is 0.366 e. The summed E-state index contributed by atoms with van der Waals surface area (Å²) in [6, 6.07) is 0. The third kappa shape index (κ3) is 8.13. The van der Waals surface area contributed by atoms with Gasteiger partial charge in [-0.15, -0.1) is 6.58 Å². The summed E-state index contributed by atoms with van der Waals surface area (Å²) in [5.74, 6) is 0. The summed E-state index contributed by atoms with van der Waals surface area (Å²) in [6.07, 6.45) is 4.83. The van der Waals surface area contributed by atoms with Crippen molar-refractivity contribution in [1.29, 1.82) is 0 Å². The molecule has 0 spiro atoms.